The van der Waals surface area contributed by atoms with Crippen LogP contribution in [0.1, 0.15) is 25.7 Å². The van der Waals surface area contributed by atoms with Gasteiger partial charge in [0.15, 0.2) is 0 Å². The number of alkyl halides is 1. The molecular weight excluding hydrogens is 282 g/mol. The summed E-state index contributed by atoms with van der Waals surface area (Å²) in [5.74, 6) is 1.61. The Balaban J connectivity index is 2.21. The molecule has 94 valence electrons. The molecule has 1 fully saturated rings. The molecule has 1 aliphatic heterocycles. The molecule has 0 spiro atoms. The van der Waals surface area contributed by atoms with Crippen molar-refractivity contribution in [2.45, 2.75) is 31.7 Å². The van der Waals surface area contributed by atoms with Crippen molar-refractivity contribution < 1.29 is 4.74 Å². The van der Waals surface area contributed by atoms with Gasteiger partial charge in [0.25, 0.3) is 0 Å². The Morgan fingerprint density at radius 2 is 2.29 bits per heavy atom. The monoisotopic (exact) mass is 299 g/mol. The number of nitrogens with zero attached hydrogens (tertiary/aromatic N) is 3. The molecular formula is C12H18BrN3O. The summed E-state index contributed by atoms with van der Waals surface area (Å²) in [4.78, 5) is 10.8. The average molecular weight is 300 g/mol. The topological polar surface area (TPSA) is 38.2 Å². The first kappa shape index (κ1) is 12.6. The summed E-state index contributed by atoms with van der Waals surface area (Å²) in [7, 11) is 1.64. The minimum Gasteiger partial charge on any atom is -0.481 e. The van der Waals surface area contributed by atoms with E-state index in [9.17, 15) is 0 Å². The fourth-order valence-corrected chi connectivity index (χ4v) is 2.91. The highest BCUT2D eigenvalue weighted by Crippen LogP contribution is 2.25. The fraction of sp³-hybridized carbons (Fsp3) is 0.667. The van der Waals surface area contributed by atoms with E-state index in [-0.39, 0.29) is 0 Å². The van der Waals surface area contributed by atoms with Gasteiger partial charge in [-0.15, -0.1) is 0 Å². The summed E-state index contributed by atoms with van der Waals surface area (Å²) in [6, 6.07) is 2.44. The van der Waals surface area contributed by atoms with Crippen LogP contribution >= 0.6 is 15.9 Å². The molecule has 0 aromatic carbocycles. The molecule has 0 aliphatic carbocycles. The molecule has 1 aromatic rings. The largest absolute Gasteiger partial charge is 0.481 e. The molecule has 1 aliphatic rings. The lowest BCUT2D eigenvalue weighted by atomic mass is 10.1. The lowest BCUT2D eigenvalue weighted by molar-refractivity contribution is 0.396. The molecule has 1 unspecified atom stereocenters. The van der Waals surface area contributed by atoms with Crippen molar-refractivity contribution in [3.8, 4) is 5.88 Å². The molecule has 4 nitrogen and oxygen atoms in total. The van der Waals surface area contributed by atoms with Crippen molar-refractivity contribution in [3.63, 3.8) is 0 Å². The minimum absolute atomic E-state index is 0.525. The van der Waals surface area contributed by atoms with Crippen molar-refractivity contribution in [2.24, 2.45) is 0 Å². The molecule has 0 bridgehead atoms. The maximum absolute atomic E-state index is 5.16. The molecule has 5 heteroatoms. The Morgan fingerprint density at radius 1 is 1.41 bits per heavy atom. The zero-order valence-corrected chi connectivity index (χ0v) is 11.7. The van der Waals surface area contributed by atoms with E-state index in [0.717, 1.165) is 17.7 Å². The molecule has 0 saturated carbocycles. The number of anilines is 1. The predicted octanol–water partition coefficient (Wildman–Crippen LogP) is 2.63. The number of rotatable bonds is 3. The highest BCUT2D eigenvalue weighted by atomic mass is 79.9. The van der Waals surface area contributed by atoms with E-state index in [0.29, 0.717) is 11.9 Å². The van der Waals surface area contributed by atoms with Gasteiger partial charge in [0, 0.05) is 24.0 Å². The van der Waals surface area contributed by atoms with Gasteiger partial charge in [0.2, 0.25) is 5.88 Å². The van der Waals surface area contributed by atoms with Gasteiger partial charge in [0.1, 0.15) is 12.1 Å². The van der Waals surface area contributed by atoms with Crippen LogP contribution in [0.3, 0.4) is 0 Å². The van der Waals surface area contributed by atoms with Crippen LogP contribution in [0.15, 0.2) is 12.4 Å². The lowest BCUT2D eigenvalue weighted by Gasteiger charge is -2.29. The highest BCUT2D eigenvalue weighted by molar-refractivity contribution is 9.09. The van der Waals surface area contributed by atoms with Crippen LogP contribution < -0.4 is 9.64 Å². The summed E-state index contributed by atoms with van der Waals surface area (Å²) in [6.45, 7) is 1.07. The predicted molar refractivity (Wildman–Crippen MR) is 72.0 cm³/mol. The second-order valence-electron chi connectivity index (χ2n) is 4.27. The van der Waals surface area contributed by atoms with E-state index in [1.807, 2.05) is 6.07 Å². The average Bonchev–Trinajstić information content (AvgIpc) is 2.63. The van der Waals surface area contributed by atoms with Crippen LogP contribution in [0.5, 0.6) is 5.88 Å². The molecule has 1 atom stereocenters. The number of halogens is 1. The number of hydrogen-bond donors (Lipinski definition) is 0. The SMILES string of the molecule is COc1cc(N2CCCCCC2CBr)ncn1. The van der Waals surface area contributed by atoms with Crippen molar-refractivity contribution in [1.82, 2.24) is 9.97 Å². The molecule has 1 saturated heterocycles. The van der Waals surface area contributed by atoms with Gasteiger partial charge in [-0.3, -0.25) is 0 Å². The Hall–Kier alpha value is -0.840. The van der Waals surface area contributed by atoms with Crippen LogP contribution in [0.2, 0.25) is 0 Å². The van der Waals surface area contributed by atoms with E-state index < -0.39 is 0 Å². The van der Waals surface area contributed by atoms with Gasteiger partial charge in [-0.1, -0.05) is 28.8 Å². The molecule has 0 N–H and O–H groups in total. The Labute approximate surface area is 111 Å². The van der Waals surface area contributed by atoms with Crippen LogP contribution in [-0.4, -0.2) is 35.0 Å². The van der Waals surface area contributed by atoms with Crippen molar-refractivity contribution in [3.05, 3.63) is 12.4 Å². The van der Waals surface area contributed by atoms with Crippen LogP contribution in [0.4, 0.5) is 5.82 Å². The summed E-state index contributed by atoms with van der Waals surface area (Å²) in [5.41, 5.74) is 0. The Bertz CT molecular complexity index is 361. The Morgan fingerprint density at radius 3 is 3.06 bits per heavy atom. The third-order valence-corrected chi connectivity index (χ3v) is 3.93. The Kier molecular flexibility index (Phi) is 4.59. The normalized spacial score (nSPS) is 21.1. The van der Waals surface area contributed by atoms with E-state index in [1.165, 1.54) is 25.7 Å². The van der Waals surface area contributed by atoms with Crippen molar-refractivity contribution in [1.29, 1.82) is 0 Å². The van der Waals surface area contributed by atoms with E-state index in [4.69, 9.17) is 4.74 Å². The van der Waals surface area contributed by atoms with Crippen molar-refractivity contribution in [2.75, 3.05) is 23.9 Å². The van der Waals surface area contributed by atoms with Gasteiger partial charge in [-0.25, -0.2) is 9.97 Å². The number of hydrogen-bond acceptors (Lipinski definition) is 4. The number of aromatic nitrogens is 2. The molecule has 0 amide bonds. The van der Waals surface area contributed by atoms with Gasteiger partial charge >= 0.3 is 0 Å². The summed E-state index contributed by atoms with van der Waals surface area (Å²) < 4.78 is 5.16. The van der Waals surface area contributed by atoms with Crippen LogP contribution in [0.25, 0.3) is 0 Å². The fourth-order valence-electron chi connectivity index (χ4n) is 2.24. The van der Waals surface area contributed by atoms with Crippen LogP contribution in [0, 0.1) is 0 Å². The zero-order chi connectivity index (χ0) is 12.1. The smallest absolute Gasteiger partial charge is 0.218 e. The molecule has 2 rings (SSSR count). The standard InChI is InChI=1S/C12H18BrN3O/c1-17-12-7-11(14-9-15-12)16-6-4-2-3-5-10(16)8-13/h7,9-10H,2-6,8H2,1H3. The van der Waals surface area contributed by atoms with E-state index in [2.05, 4.69) is 30.8 Å². The first-order valence-electron chi connectivity index (χ1n) is 6.04. The van der Waals surface area contributed by atoms with E-state index in [1.54, 1.807) is 13.4 Å². The molecule has 1 aromatic heterocycles. The van der Waals surface area contributed by atoms with Crippen LogP contribution in [-0.2, 0) is 0 Å². The van der Waals surface area contributed by atoms with Gasteiger partial charge < -0.3 is 9.64 Å². The van der Waals surface area contributed by atoms with Gasteiger partial charge in [-0.2, -0.15) is 0 Å². The third-order valence-electron chi connectivity index (χ3n) is 3.19. The highest BCUT2D eigenvalue weighted by Gasteiger charge is 2.21. The van der Waals surface area contributed by atoms with Crippen molar-refractivity contribution >= 4 is 21.7 Å². The second kappa shape index (κ2) is 6.19. The maximum atomic E-state index is 5.16. The molecule has 0 radical (unpaired) electrons. The molecule has 17 heavy (non-hydrogen) atoms. The number of ether oxygens (including phenoxy) is 1. The second-order valence-corrected chi connectivity index (χ2v) is 4.92. The molecule has 2 heterocycles. The first-order valence-corrected chi connectivity index (χ1v) is 7.16. The summed E-state index contributed by atoms with van der Waals surface area (Å²) >= 11 is 3.60. The van der Waals surface area contributed by atoms with Gasteiger partial charge in [0.05, 0.1) is 7.11 Å². The number of methoxy groups -OCH3 is 1. The quantitative estimate of drug-likeness (QED) is 0.804. The zero-order valence-electron chi connectivity index (χ0n) is 10.1. The van der Waals surface area contributed by atoms with E-state index >= 15 is 0 Å². The summed E-state index contributed by atoms with van der Waals surface area (Å²) in [5, 5.41) is 0.985. The van der Waals surface area contributed by atoms with Gasteiger partial charge in [-0.05, 0) is 12.8 Å². The first-order chi connectivity index (χ1) is 8.35. The summed E-state index contributed by atoms with van der Waals surface area (Å²) in [6.07, 6.45) is 6.63. The minimum atomic E-state index is 0.525. The lowest BCUT2D eigenvalue weighted by Crippen LogP contribution is -2.36. The third kappa shape index (κ3) is 3.09. The maximum Gasteiger partial charge on any atom is 0.218 e.